The van der Waals surface area contributed by atoms with E-state index >= 15 is 0 Å². The number of amides is 1. The summed E-state index contributed by atoms with van der Waals surface area (Å²) in [5.74, 6) is -0.201. The summed E-state index contributed by atoms with van der Waals surface area (Å²) in [7, 11) is 1.33. The standard InChI is InChI=1S/C12H15BrN2O4/c1-8(13)5-6-14-12(16)9-3-4-10(15(17)18)11(7-9)19-2/h3-4,7-8H,5-6H2,1-2H3,(H,14,16). The smallest absolute Gasteiger partial charge is 0.310 e. The number of halogens is 1. The summed E-state index contributed by atoms with van der Waals surface area (Å²) in [6.07, 6.45) is 0.801. The lowest BCUT2D eigenvalue weighted by Gasteiger charge is -2.08. The fourth-order valence-electron chi connectivity index (χ4n) is 1.46. The van der Waals surface area contributed by atoms with Gasteiger partial charge in [0, 0.05) is 29.1 Å². The fourth-order valence-corrected chi connectivity index (χ4v) is 1.69. The highest BCUT2D eigenvalue weighted by Crippen LogP contribution is 2.27. The molecule has 1 aromatic carbocycles. The minimum absolute atomic E-state index is 0.0755. The highest BCUT2D eigenvalue weighted by molar-refractivity contribution is 9.09. The van der Waals surface area contributed by atoms with E-state index in [1.54, 1.807) is 0 Å². The molecule has 0 aliphatic rings. The second-order valence-corrected chi connectivity index (χ2v) is 5.53. The first-order chi connectivity index (χ1) is 8.95. The van der Waals surface area contributed by atoms with Gasteiger partial charge in [-0.05, 0) is 12.5 Å². The van der Waals surface area contributed by atoms with Gasteiger partial charge in [-0.3, -0.25) is 14.9 Å². The molecule has 0 saturated heterocycles. The van der Waals surface area contributed by atoms with Crippen LogP contribution in [0, 0.1) is 10.1 Å². The molecule has 1 unspecified atom stereocenters. The van der Waals surface area contributed by atoms with E-state index in [2.05, 4.69) is 21.2 Å². The summed E-state index contributed by atoms with van der Waals surface area (Å²) < 4.78 is 4.91. The van der Waals surface area contributed by atoms with Crippen LogP contribution in [0.3, 0.4) is 0 Å². The Kier molecular flexibility index (Phi) is 5.75. The van der Waals surface area contributed by atoms with Crippen LogP contribution in [-0.2, 0) is 0 Å². The van der Waals surface area contributed by atoms with E-state index < -0.39 is 4.92 Å². The molecular weight excluding hydrogens is 316 g/mol. The summed E-state index contributed by atoms with van der Waals surface area (Å²) in [5, 5.41) is 13.5. The Labute approximate surface area is 119 Å². The molecule has 1 amide bonds. The minimum Gasteiger partial charge on any atom is -0.490 e. The van der Waals surface area contributed by atoms with E-state index in [9.17, 15) is 14.9 Å². The number of ether oxygens (including phenoxy) is 1. The Morgan fingerprint density at radius 1 is 1.58 bits per heavy atom. The van der Waals surface area contributed by atoms with Crippen LogP contribution in [-0.4, -0.2) is 29.3 Å². The third kappa shape index (κ3) is 4.51. The molecule has 0 fully saturated rings. The van der Waals surface area contributed by atoms with Crippen LogP contribution in [0.2, 0.25) is 0 Å². The fraction of sp³-hybridized carbons (Fsp3) is 0.417. The van der Waals surface area contributed by atoms with E-state index in [0.717, 1.165) is 6.42 Å². The average Bonchev–Trinajstić information content (AvgIpc) is 2.37. The number of hydrogen-bond donors (Lipinski definition) is 1. The van der Waals surface area contributed by atoms with Crippen LogP contribution in [0.15, 0.2) is 18.2 Å². The molecule has 0 heterocycles. The van der Waals surface area contributed by atoms with Crippen molar-refractivity contribution in [2.75, 3.05) is 13.7 Å². The zero-order valence-corrected chi connectivity index (χ0v) is 12.3. The third-order valence-electron chi connectivity index (χ3n) is 2.47. The maximum absolute atomic E-state index is 11.8. The summed E-state index contributed by atoms with van der Waals surface area (Å²) >= 11 is 3.38. The number of benzene rings is 1. The first kappa shape index (κ1) is 15.4. The van der Waals surface area contributed by atoms with Gasteiger partial charge in [0.25, 0.3) is 5.91 Å². The van der Waals surface area contributed by atoms with Gasteiger partial charge >= 0.3 is 5.69 Å². The van der Waals surface area contributed by atoms with Gasteiger partial charge in [0.05, 0.1) is 12.0 Å². The molecule has 1 aromatic rings. The van der Waals surface area contributed by atoms with Crippen molar-refractivity contribution >= 4 is 27.5 Å². The normalized spacial score (nSPS) is 11.7. The second kappa shape index (κ2) is 7.08. The van der Waals surface area contributed by atoms with Crippen LogP contribution >= 0.6 is 15.9 Å². The molecular formula is C12H15BrN2O4. The van der Waals surface area contributed by atoms with E-state index in [1.165, 1.54) is 25.3 Å². The molecule has 6 nitrogen and oxygen atoms in total. The summed E-state index contributed by atoms with van der Waals surface area (Å²) in [6, 6.07) is 4.04. The molecule has 0 bridgehead atoms. The molecule has 0 spiro atoms. The quantitative estimate of drug-likeness (QED) is 0.493. The minimum atomic E-state index is -0.549. The van der Waals surface area contributed by atoms with Crippen molar-refractivity contribution in [3.8, 4) is 5.75 Å². The number of methoxy groups -OCH3 is 1. The van der Waals surface area contributed by atoms with Crippen molar-refractivity contribution in [1.29, 1.82) is 0 Å². The lowest BCUT2D eigenvalue weighted by molar-refractivity contribution is -0.385. The van der Waals surface area contributed by atoms with Gasteiger partial charge in [-0.15, -0.1) is 0 Å². The monoisotopic (exact) mass is 330 g/mol. The van der Waals surface area contributed by atoms with E-state index in [0.29, 0.717) is 16.9 Å². The number of rotatable bonds is 6. The van der Waals surface area contributed by atoms with Gasteiger partial charge in [-0.25, -0.2) is 0 Å². The Hall–Kier alpha value is -1.63. The zero-order valence-electron chi connectivity index (χ0n) is 10.7. The molecule has 0 aromatic heterocycles. The van der Waals surface area contributed by atoms with Crippen LogP contribution in [0.25, 0.3) is 0 Å². The topological polar surface area (TPSA) is 81.5 Å². The molecule has 0 saturated carbocycles. The van der Waals surface area contributed by atoms with Crippen molar-refractivity contribution in [2.45, 2.75) is 18.2 Å². The Morgan fingerprint density at radius 3 is 2.79 bits per heavy atom. The zero-order chi connectivity index (χ0) is 14.4. The lowest BCUT2D eigenvalue weighted by atomic mass is 10.1. The van der Waals surface area contributed by atoms with Crippen molar-refractivity contribution in [3.63, 3.8) is 0 Å². The van der Waals surface area contributed by atoms with Gasteiger partial charge < -0.3 is 10.1 Å². The van der Waals surface area contributed by atoms with Gasteiger partial charge in [0.1, 0.15) is 0 Å². The number of nitrogens with one attached hydrogen (secondary N) is 1. The predicted octanol–water partition coefficient (Wildman–Crippen LogP) is 2.51. The van der Waals surface area contributed by atoms with Crippen LogP contribution in [0.4, 0.5) is 5.69 Å². The molecule has 1 rings (SSSR count). The first-order valence-corrected chi connectivity index (χ1v) is 6.62. The van der Waals surface area contributed by atoms with Crippen molar-refractivity contribution in [1.82, 2.24) is 5.32 Å². The molecule has 0 aliphatic carbocycles. The number of nitrogens with zero attached hydrogens (tertiary/aromatic N) is 1. The van der Waals surface area contributed by atoms with E-state index in [1.807, 2.05) is 6.92 Å². The number of nitro groups is 1. The second-order valence-electron chi connectivity index (χ2n) is 3.97. The van der Waals surface area contributed by atoms with Crippen molar-refractivity contribution < 1.29 is 14.5 Å². The number of nitro benzene ring substituents is 1. The molecule has 1 atom stereocenters. The summed E-state index contributed by atoms with van der Waals surface area (Å²) in [5.41, 5.74) is 0.179. The molecule has 104 valence electrons. The molecule has 19 heavy (non-hydrogen) atoms. The summed E-state index contributed by atoms with van der Waals surface area (Å²) in [4.78, 5) is 22.3. The van der Waals surface area contributed by atoms with Gasteiger partial charge in [-0.1, -0.05) is 22.9 Å². The average molecular weight is 331 g/mol. The van der Waals surface area contributed by atoms with Gasteiger partial charge in [0.15, 0.2) is 5.75 Å². The first-order valence-electron chi connectivity index (χ1n) is 5.70. The summed E-state index contributed by atoms with van der Waals surface area (Å²) in [6.45, 7) is 2.52. The van der Waals surface area contributed by atoms with Crippen LogP contribution < -0.4 is 10.1 Å². The Bertz CT molecular complexity index is 477. The maximum Gasteiger partial charge on any atom is 0.310 e. The lowest BCUT2D eigenvalue weighted by Crippen LogP contribution is -2.25. The molecule has 7 heteroatoms. The molecule has 0 aliphatic heterocycles. The number of carbonyl (C=O) groups excluding carboxylic acids is 1. The van der Waals surface area contributed by atoms with Crippen molar-refractivity contribution in [3.05, 3.63) is 33.9 Å². The number of hydrogen-bond acceptors (Lipinski definition) is 4. The Morgan fingerprint density at radius 2 is 2.26 bits per heavy atom. The predicted molar refractivity (Wildman–Crippen MR) is 75.0 cm³/mol. The number of carbonyl (C=O) groups is 1. The Balaban J connectivity index is 2.78. The largest absolute Gasteiger partial charge is 0.490 e. The van der Waals surface area contributed by atoms with Crippen molar-refractivity contribution in [2.24, 2.45) is 0 Å². The SMILES string of the molecule is COc1cc(C(=O)NCCC(C)Br)ccc1[N+](=O)[O-]. The van der Waals surface area contributed by atoms with E-state index in [4.69, 9.17) is 4.74 Å². The van der Waals surface area contributed by atoms with E-state index in [-0.39, 0.29) is 17.3 Å². The highest BCUT2D eigenvalue weighted by atomic mass is 79.9. The van der Waals surface area contributed by atoms with Crippen LogP contribution in [0.5, 0.6) is 5.75 Å². The van der Waals surface area contributed by atoms with Gasteiger partial charge in [0.2, 0.25) is 0 Å². The van der Waals surface area contributed by atoms with Gasteiger partial charge in [-0.2, -0.15) is 0 Å². The third-order valence-corrected chi connectivity index (χ3v) is 2.92. The number of alkyl halides is 1. The maximum atomic E-state index is 11.8. The molecule has 1 N–H and O–H groups in total. The highest BCUT2D eigenvalue weighted by Gasteiger charge is 2.17. The van der Waals surface area contributed by atoms with Crippen LogP contribution in [0.1, 0.15) is 23.7 Å². The molecule has 0 radical (unpaired) electrons.